The first-order valence-corrected chi connectivity index (χ1v) is 6.82. The molecule has 0 aliphatic heterocycles. The van der Waals surface area contributed by atoms with Gasteiger partial charge in [-0.2, -0.15) is 0 Å². The Morgan fingerprint density at radius 3 is 2.70 bits per heavy atom. The Balaban J connectivity index is 2.11. The van der Waals surface area contributed by atoms with E-state index in [-0.39, 0.29) is 5.91 Å². The number of carboxylic acid groups (broad SMARTS) is 1. The molecule has 0 radical (unpaired) electrons. The Morgan fingerprint density at radius 1 is 1.25 bits per heavy atom. The lowest BCUT2D eigenvalue weighted by molar-refractivity contribution is -0.131. The van der Waals surface area contributed by atoms with Gasteiger partial charge in [0.25, 0.3) is 5.91 Å². The normalized spacial score (nSPS) is 10.7. The van der Waals surface area contributed by atoms with E-state index in [1.165, 1.54) is 17.4 Å². The largest absolute Gasteiger partial charge is 0.478 e. The van der Waals surface area contributed by atoms with Crippen LogP contribution in [-0.4, -0.2) is 17.0 Å². The number of hydrogen-bond donors (Lipinski definition) is 2. The number of amides is 1. The zero-order chi connectivity index (χ0) is 14.5. The molecule has 0 aliphatic rings. The molecule has 0 bridgehead atoms. The van der Waals surface area contributed by atoms with Gasteiger partial charge in [0.1, 0.15) is 0 Å². The number of carbonyl (C=O) groups excluding carboxylic acids is 1. The maximum atomic E-state index is 11.9. The molecule has 0 fully saturated rings. The van der Waals surface area contributed by atoms with Gasteiger partial charge in [-0.05, 0) is 35.9 Å². The van der Waals surface area contributed by atoms with Crippen LogP contribution >= 0.6 is 22.9 Å². The highest BCUT2D eigenvalue weighted by Crippen LogP contribution is 2.22. The second-order valence-corrected chi connectivity index (χ2v) is 5.57. The number of benzene rings is 1. The summed E-state index contributed by atoms with van der Waals surface area (Å²) in [6, 6.07) is 10.2. The van der Waals surface area contributed by atoms with Crippen molar-refractivity contribution in [3.8, 4) is 0 Å². The van der Waals surface area contributed by atoms with Crippen molar-refractivity contribution in [1.29, 1.82) is 0 Å². The zero-order valence-electron chi connectivity index (χ0n) is 10.2. The van der Waals surface area contributed by atoms with Crippen LogP contribution in [0.5, 0.6) is 0 Å². The fourth-order valence-electron chi connectivity index (χ4n) is 1.52. The SMILES string of the molecule is O=C(O)C=Cc1cccc(NC(=O)c2ccc(Cl)s2)c1. The Bertz CT molecular complexity index is 679. The molecular formula is C14H10ClNO3S. The van der Waals surface area contributed by atoms with Crippen LogP contribution in [0.25, 0.3) is 6.08 Å². The number of aliphatic carboxylic acids is 1. The second kappa shape index (κ2) is 6.36. The average molecular weight is 308 g/mol. The quantitative estimate of drug-likeness (QED) is 0.845. The summed E-state index contributed by atoms with van der Waals surface area (Å²) in [5.74, 6) is -1.27. The molecule has 4 nitrogen and oxygen atoms in total. The molecule has 0 unspecified atom stereocenters. The highest BCUT2D eigenvalue weighted by Gasteiger charge is 2.08. The summed E-state index contributed by atoms with van der Waals surface area (Å²) in [5, 5.41) is 11.3. The lowest BCUT2D eigenvalue weighted by Crippen LogP contribution is -2.09. The van der Waals surface area contributed by atoms with Crippen LogP contribution in [0.2, 0.25) is 4.34 Å². The van der Waals surface area contributed by atoms with Crippen LogP contribution in [0.15, 0.2) is 42.5 Å². The van der Waals surface area contributed by atoms with Gasteiger partial charge < -0.3 is 10.4 Å². The van der Waals surface area contributed by atoms with Crippen LogP contribution in [0.4, 0.5) is 5.69 Å². The van der Waals surface area contributed by atoms with Gasteiger partial charge in [-0.3, -0.25) is 4.79 Å². The molecule has 1 heterocycles. The highest BCUT2D eigenvalue weighted by atomic mass is 35.5. The third kappa shape index (κ3) is 3.94. The van der Waals surface area contributed by atoms with Crippen molar-refractivity contribution in [1.82, 2.24) is 0 Å². The lowest BCUT2D eigenvalue weighted by atomic mass is 10.2. The van der Waals surface area contributed by atoms with Gasteiger partial charge in [-0.1, -0.05) is 23.7 Å². The number of anilines is 1. The number of rotatable bonds is 4. The molecule has 6 heteroatoms. The van der Waals surface area contributed by atoms with Crippen molar-refractivity contribution in [2.75, 3.05) is 5.32 Å². The first kappa shape index (κ1) is 14.3. The number of carboxylic acids is 1. The highest BCUT2D eigenvalue weighted by molar-refractivity contribution is 7.18. The molecule has 1 amide bonds. The average Bonchev–Trinajstić information content (AvgIpc) is 2.84. The molecule has 1 aromatic carbocycles. The molecule has 0 spiro atoms. The third-order valence-electron chi connectivity index (χ3n) is 2.36. The summed E-state index contributed by atoms with van der Waals surface area (Å²) >= 11 is 6.97. The van der Waals surface area contributed by atoms with Gasteiger partial charge >= 0.3 is 5.97 Å². The molecule has 1 aromatic heterocycles. The summed E-state index contributed by atoms with van der Waals surface area (Å²) < 4.78 is 0.549. The number of thiophene rings is 1. The van der Waals surface area contributed by atoms with Crippen molar-refractivity contribution in [2.45, 2.75) is 0 Å². The fourth-order valence-corrected chi connectivity index (χ4v) is 2.45. The minimum absolute atomic E-state index is 0.249. The van der Waals surface area contributed by atoms with Crippen molar-refractivity contribution in [3.05, 3.63) is 57.3 Å². The minimum Gasteiger partial charge on any atom is -0.478 e. The Morgan fingerprint density at radius 2 is 2.05 bits per heavy atom. The molecule has 0 saturated heterocycles. The molecular weight excluding hydrogens is 298 g/mol. The summed E-state index contributed by atoms with van der Waals surface area (Å²) in [6.45, 7) is 0. The van der Waals surface area contributed by atoms with Crippen molar-refractivity contribution in [3.63, 3.8) is 0 Å². The van der Waals surface area contributed by atoms with Gasteiger partial charge in [0.05, 0.1) is 9.21 Å². The van der Waals surface area contributed by atoms with E-state index in [0.29, 0.717) is 20.5 Å². The number of nitrogens with one attached hydrogen (secondary N) is 1. The molecule has 20 heavy (non-hydrogen) atoms. The van der Waals surface area contributed by atoms with E-state index < -0.39 is 5.97 Å². The second-order valence-electron chi connectivity index (χ2n) is 3.85. The van der Waals surface area contributed by atoms with E-state index >= 15 is 0 Å². The lowest BCUT2D eigenvalue weighted by Gasteiger charge is -2.04. The summed E-state index contributed by atoms with van der Waals surface area (Å²) in [4.78, 5) is 22.9. The smallest absolute Gasteiger partial charge is 0.328 e. The van der Waals surface area contributed by atoms with Gasteiger partial charge in [-0.15, -0.1) is 11.3 Å². The van der Waals surface area contributed by atoms with Crippen molar-refractivity contribution in [2.24, 2.45) is 0 Å². The first-order chi connectivity index (χ1) is 9.54. The molecule has 2 N–H and O–H groups in total. The standard InChI is InChI=1S/C14H10ClNO3S/c15-12-6-5-11(20-12)14(19)16-10-3-1-2-9(8-10)4-7-13(17)18/h1-8H,(H,16,19)(H,17,18). The maximum absolute atomic E-state index is 11.9. The van der Waals surface area contributed by atoms with E-state index in [9.17, 15) is 9.59 Å². The van der Waals surface area contributed by atoms with Crippen LogP contribution in [0.1, 0.15) is 15.2 Å². The van der Waals surface area contributed by atoms with Gasteiger partial charge in [0.15, 0.2) is 0 Å². The van der Waals surface area contributed by atoms with Gasteiger partial charge in [-0.25, -0.2) is 4.79 Å². The van der Waals surface area contributed by atoms with Gasteiger partial charge in [0, 0.05) is 11.8 Å². The Hall–Kier alpha value is -2.11. The summed E-state index contributed by atoms with van der Waals surface area (Å²) in [6.07, 6.45) is 2.50. The predicted octanol–water partition coefficient (Wildman–Crippen LogP) is 3.75. The first-order valence-electron chi connectivity index (χ1n) is 5.62. The zero-order valence-corrected chi connectivity index (χ0v) is 11.7. The molecule has 0 aliphatic carbocycles. The van der Waals surface area contributed by atoms with Crippen LogP contribution in [0, 0.1) is 0 Å². The molecule has 0 atom stereocenters. The minimum atomic E-state index is -1.02. The fraction of sp³-hybridized carbons (Fsp3) is 0. The van der Waals surface area contributed by atoms with E-state index in [2.05, 4.69) is 5.32 Å². The third-order valence-corrected chi connectivity index (χ3v) is 3.59. The van der Waals surface area contributed by atoms with Crippen molar-refractivity contribution >= 4 is 46.6 Å². The van der Waals surface area contributed by atoms with Gasteiger partial charge in [0.2, 0.25) is 0 Å². The summed E-state index contributed by atoms with van der Waals surface area (Å²) in [5.41, 5.74) is 1.28. The predicted molar refractivity (Wildman–Crippen MR) is 80.4 cm³/mol. The molecule has 2 rings (SSSR count). The van der Waals surface area contributed by atoms with Crippen LogP contribution in [0.3, 0.4) is 0 Å². The Kier molecular flexibility index (Phi) is 4.55. The van der Waals surface area contributed by atoms with E-state index in [4.69, 9.17) is 16.7 Å². The van der Waals surface area contributed by atoms with Crippen molar-refractivity contribution < 1.29 is 14.7 Å². The van der Waals surface area contributed by atoms with E-state index in [1.807, 2.05) is 0 Å². The monoisotopic (exact) mass is 307 g/mol. The van der Waals surface area contributed by atoms with Crippen LogP contribution < -0.4 is 5.32 Å². The summed E-state index contributed by atoms with van der Waals surface area (Å²) in [7, 11) is 0. The molecule has 102 valence electrons. The van der Waals surface area contributed by atoms with E-state index in [0.717, 1.165) is 6.08 Å². The number of hydrogen-bond acceptors (Lipinski definition) is 3. The van der Waals surface area contributed by atoms with E-state index in [1.54, 1.807) is 36.4 Å². The van der Waals surface area contributed by atoms with Crippen LogP contribution in [-0.2, 0) is 4.79 Å². The number of carbonyl (C=O) groups is 2. The topological polar surface area (TPSA) is 66.4 Å². The Labute approximate surface area is 124 Å². The molecule has 0 saturated carbocycles. The number of halogens is 1. The molecule has 2 aromatic rings. The maximum Gasteiger partial charge on any atom is 0.328 e.